The normalized spacial score (nSPS) is 17.0. The fourth-order valence-corrected chi connectivity index (χ4v) is 3.22. The lowest BCUT2D eigenvalue weighted by atomic mass is 9.87. The first-order valence-corrected chi connectivity index (χ1v) is 8.02. The number of benzene rings is 1. The molecule has 23 heavy (non-hydrogen) atoms. The summed E-state index contributed by atoms with van der Waals surface area (Å²) in [6, 6.07) is 6.01. The number of aromatic nitrogens is 1. The Hall–Kier alpha value is -2.30. The Morgan fingerprint density at radius 1 is 1.43 bits per heavy atom. The molecule has 0 fully saturated rings. The number of carbonyl (C=O) groups is 1. The van der Waals surface area contributed by atoms with Gasteiger partial charge in [-0.15, -0.1) is 0 Å². The third-order valence-corrected chi connectivity index (χ3v) is 4.38. The van der Waals surface area contributed by atoms with E-state index in [1.165, 1.54) is 11.8 Å². The highest BCUT2D eigenvalue weighted by atomic mass is 16.5. The van der Waals surface area contributed by atoms with Crippen LogP contribution in [0.4, 0.5) is 0 Å². The van der Waals surface area contributed by atoms with E-state index in [4.69, 9.17) is 9.26 Å². The molecule has 2 aromatic rings. The zero-order valence-corrected chi connectivity index (χ0v) is 13.8. The molecular weight excluding hydrogens is 292 g/mol. The van der Waals surface area contributed by atoms with Crippen LogP contribution in [0.3, 0.4) is 0 Å². The number of hydrogen-bond acceptors (Lipinski definition) is 4. The number of nitrogens with zero attached hydrogens (tertiary/aromatic N) is 1. The van der Waals surface area contributed by atoms with Gasteiger partial charge in [-0.25, -0.2) is 0 Å². The van der Waals surface area contributed by atoms with E-state index < -0.39 is 0 Å². The van der Waals surface area contributed by atoms with E-state index in [0.29, 0.717) is 11.3 Å². The van der Waals surface area contributed by atoms with Crippen molar-refractivity contribution in [3.63, 3.8) is 0 Å². The van der Waals surface area contributed by atoms with Gasteiger partial charge >= 0.3 is 0 Å². The number of ether oxygens (including phenoxy) is 1. The summed E-state index contributed by atoms with van der Waals surface area (Å²) in [6.45, 7) is 3.99. The number of amides is 1. The summed E-state index contributed by atoms with van der Waals surface area (Å²) in [4.78, 5) is 12.6. The van der Waals surface area contributed by atoms with Crippen LogP contribution in [-0.4, -0.2) is 18.2 Å². The van der Waals surface area contributed by atoms with E-state index >= 15 is 0 Å². The molecule has 122 valence electrons. The lowest BCUT2D eigenvalue weighted by molar-refractivity contribution is 0.0930. The summed E-state index contributed by atoms with van der Waals surface area (Å²) < 4.78 is 10.4. The van der Waals surface area contributed by atoms with Crippen molar-refractivity contribution in [1.29, 1.82) is 0 Å². The quantitative estimate of drug-likeness (QED) is 0.936. The molecule has 1 N–H and O–H groups in total. The highest BCUT2D eigenvalue weighted by molar-refractivity contribution is 5.95. The van der Waals surface area contributed by atoms with Crippen molar-refractivity contribution >= 4 is 5.91 Å². The summed E-state index contributed by atoms with van der Waals surface area (Å²) in [6.07, 6.45) is 4.36. The molecule has 0 radical (unpaired) electrons. The summed E-state index contributed by atoms with van der Waals surface area (Å²) >= 11 is 0. The maximum Gasteiger partial charge on any atom is 0.257 e. The van der Waals surface area contributed by atoms with Crippen molar-refractivity contribution in [1.82, 2.24) is 10.5 Å². The van der Waals surface area contributed by atoms with Gasteiger partial charge in [0.25, 0.3) is 5.91 Å². The first-order valence-electron chi connectivity index (χ1n) is 8.02. The standard InChI is InChI=1S/C18H22N2O3/c1-11(2)17-14(10-23-20-17)18(21)19-15-8-4-7-13-12(15)6-5-9-16(13)22-3/h5-6,9-11,15H,4,7-8H2,1-3H3,(H,19,21). The van der Waals surface area contributed by atoms with Gasteiger partial charge in [0, 0.05) is 0 Å². The molecule has 5 heteroatoms. The van der Waals surface area contributed by atoms with Gasteiger partial charge in [-0.2, -0.15) is 0 Å². The van der Waals surface area contributed by atoms with Crippen molar-refractivity contribution in [2.45, 2.75) is 45.1 Å². The zero-order chi connectivity index (χ0) is 16.4. The molecule has 0 bridgehead atoms. The van der Waals surface area contributed by atoms with Crippen molar-refractivity contribution in [3.05, 3.63) is 46.8 Å². The molecule has 1 aromatic heterocycles. The number of fused-ring (bicyclic) bond motifs is 1. The Kier molecular flexibility index (Phi) is 4.37. The van der Waals surface area contributed by atoms with Crippen LogP contribution in [0.25, 0.3) is 0 Å². The first-order chi connectivity index (χ1) is 11.1. The molecule has 1 aliphatic rings. The average Bonchev–Trinajstić information content (AvgIpc) is 3.04. The molecule has 1 heterocycles. The van der Waals surface area contributed by atoms with E-state index in [0.717, 1.165) is 30.6 Å². The van der Waals surface area contributed by atoms with Gasteiger partial charge in [-0.3, -0.25) is 4.79 Å². The first kappa shape index (κ1) is 15.6. The minimum Gasteiger partial charge on any atom is -0.496 e. The Bertz CT molecular complexity index is 706. The Morgan fingerprint density at radius 3 is 3.00 bits per heavy atom. The highest BCUT2D eigenvalue weighted by Gasteiger charge is 2.26. The molecule has 1 unspecified atom stereocenters. The molecule has 5 nitrogen and oxygen atoms in total. The third kappa shape index (κ3) is 2.96. The van der Waals surface area contributed by atoms with Crippen molar-refractivity contribution in [2.24, 2.45) is 0 Å². The van der Waals surface area contributed by atoms with Crippen LogP contribution < -0.4 is 10.1 Å². The van der Waals surface area contributed by atoms with Crippen LogP contribution in [0, 0.1) is 0 Å². The van der Waals surface area contributed by atoms with E-state index in [1.54, 1.807) is 7.11 Å². The van der Waals surface area contributed by atoms with Gasteiger partial charge in [0.05, 0.1) is 18.8 Å². The summed E-state index contributed by atoms with van der Waals surface area (Å²) in [5.41, 5.74) is 3.56. The van der Waals surface area contributed by atoms with Gasteiger partial charge in [0.15, 0.2) is 0 Å². The Labute approximate surface area is 136 Å². The predicted molar refractivity (Wildman–Crippen MR) is 86.7 cm³/mol. The molecular formula is C18H22N2O3. The molecule has 0 saturated carbocycles. The van der Waals surface area contributed by atoms with Crippen LogP contribution in [0.2, 0.25) is 0 Å². The van der Waals surface area contributed by atoms with Gasteiger partial charge in [-0.05, 0) is 42.4 Å². The maximum absolute atomic E-state index is 12.6. The number of rotatable bonds is 4. The van der Waals surface area contributed by atoms with Crippen LogP contribution in [0.1, 0.15) is 65.8 Å². The summed E-state index contributed by atoms with van der Waals surface area (Å²) in [5, 5.41) is 7.08. The number of hydrogen-bond donors (Lipinski definition) is 1. The minimum absolute atomic E-state index is 0.00346. The maximum atomic E-state index is 12.6. The number of carbonyl (C=O) groups excluding carboxylic acids is 1. The SMILES string of the molecule is COc1cccc2c1CCCC2NC(=O)c1conc1C(C)C. The van der Waals surface area contributed by atoms with Crippen LogP contribution in [-0.2, 0) is 6.42 Å². The van der Waals surface area contributed by atoms with Crippen LogP contribution >= 0.6 is 0 Å². The molecule has 1 amide bonds. The van der Waals surface area contributed by atoms with Crippen molar-refractivity contribution < 1.29 is 14.1 Å². The Morgan fingerprint density at radius 2 is 2.26 bits per heavy atom. The van der Waals surface area contributed by atoms with Gasteiger partial charge in [0.2, 0.25) is 0 Å². The predicted octanol–water partition coefficient (Wildman–Crippen LogP) is 3.61. The molecule has 0 saturated heterocycles. The topological polar surface area (TPSA) is 64.4 Å². The second-order valence-electron chi connectivity index (χ2n) is 6.21. The largest absolute Gasteiger partial charge is 0.496 e. The fourth-order valence-electron chi connectivity index (χ4n) is 3.22. The molecule has 0 spiro atoms. The summed E-state index contributed by atoms with van der Waals surface area (Å²) in [7, 11) is 1.68. The molecule has 3 rings (SSSR count). The molecule has 1 aliphatic carbocycles. The minimum atomic E-state index is -0.129. The fraction of sp³-hybridized carbons (Fsp3) is 0.444. The van der Waals surface area contributed by atoms with Crippen LogP contribution in [0.15, 0.2) is 29.0 Å². The second-order valence-corrected chi connectivity index (χ2v) is 6.21. The second kappa shape index (κ2) is 6.44. The monoisotopic (exact) mass is 314 g/mol. The molecule has 1 aromatic carbocycles. The van der Waals surface area contributed by atoms with E-state index in [1.807, 2.05) is 26.0 Å². The number of methoxy groups -OCH3 is 1. The molecule has 1 atom stereocenters. The molecule has 0 aliphatic heterocycles. The highest BCUT2D eigenvalue weighted by Crippen LogP contribution is 2.35. The van der Waals surface area contributed by atoms with Gasteiger partial charge in [-0.1, -0.05) is 31.1 Å². The summed E-state index contributed by atoms with van der Waals surface area (Å²) in [5.74, 6) is 0.915. The third-order valence-electron chi connectivity index (χ3n) is 4.38. The Balaban J connectivity index is 1.85. The van der Waals surface area contributed by atoms with Crippen molar-refractivity contribution in [2.75, 3.05) is 7.11 Å². The number of nitrogens with one attached hydrogen (secondary N) is 1. The van der Waals surface area contributed by atoms with E-state index in [-0.39, 0.29) is 17.9 Å². The lowest BCUT2D eigenvalue weighted by Crippen LogP contribution is -2.31. The zero-order valence-electron chi connectivity index (χ0n) is 13.8. The van der Waals surface area contributed by atoms with E-state index in [2.05, 4.69) is 16.5 Å². The van der Waals surface area contributed by atoms with E-state index in [9.17, 15) is 4.79 Å². The van der Waals surface area contributed by atoms with Crippen LogP contribution in [0.5, 0.6) is 5.75 Å². The lowest BCUT2D eigenvalue weighted by Gasteiger charge is -2.27. The van der Waals surface area contributed by atoms with Gasteiger partial charge < -0.3 is 14.6 Å². The smallest absolute Gasteiger partial charge is 0.257 e. The van der Waals surface area contributed by atoms with Gasteiger partial charge in [0.1, 0.15) is 17.6 Å². The average molecular weight is 314 g/mol. The van der Waals surface area contributed by atoms with Crippen molar-refractivity contribution in [3.8, 4) is 5.75 Å².